The number of benzene rings is 1. The quantitative estimate of drug-likeness (QED) is 0.621. The molecule has 5 heteroatoms. The average molecular weight is 225 g/mol. The van der Waals surface area contributed by atoms with E-state index < -0.39 is 0 Å². The Morgan fingerprint density at radius 3 is 2.82 bits per heavy atom. The molecule has 1 aromatic carbocycles. The Balaban J connectivity index is 2.37. The molecule has 0 radical (unpaired) electrons. The minimum Gasteiger partial charge on any atom is -0.262 e. The molecule has 2 aromatic rings. The van der Waals surface area contributed by atoms with Crippen molar-refractivity contribution >= 4 is 11.5 Å². The minimum atomic E-state index is 0.559. The van der Waals surface area contributed by atoms with Gasteiger partial charge in [0.2, 0.25) is 0 Å². The lowest BCUT2D eigenvalue weighted by Gasteiger charge is -2.17. The van der Waals surface area contributed by atoms with E-state index in [9.17, 15) is 0 Å². The van der Waals surface area contributed by atoms with E-state index in [0.717, 1.165) is 5.69 Å². The van der Waals surface area contributed by atoms with Crippen LogP contribution in [0.5, 0.6) is 0 Å². The summed E-state index contributed by atoms with van der Waals surface area (Å²) in [7, 11) is 0. The van der Waals surface area contributed by atoms with E-state index in [-0.39, 0.29) is 0 Å². The molecule has 0 saturated heterocycles. The van der Waals surface area contributed by atoms with Crippen LogP contribution in [0.3, 0.4) is 0 Å². The van der Waals surface area contributed by atoms with Crippen molar-refractivity contribution in [2.75, 3.05) is 5.01 Å². The van der Waals surface area contributed by atoms with Crippen molar-refractivity contribution in [2.45, 2.75) is 6.92 Å². The van der Waals surface area contributed by atoms with Crippen LogP contribution in [0, 0.1) is 18.3 Å². The van der Waals surface area contributed by atoms with Crippen LogP contribution in [-0.4, -0.2) is 9.97 Å². The van der Waals surface area contributed by atoms with Crippen molar-refractivity contribution in [2.24, 2.45) is 5.84 Å². The van der Waals surface area contributed by atoms with Crippen molar-refractivity contribution in [1.29, 1.82) is 5.26 Å². The number of aromatic nitrogens is 2. The summed E-state index contributed by atoms with van der Waals surface area (Å²) < 4.78 is 0. The zero-order valence-corrected chi connectivity index (χ0v) is 9.33. The number of nitrogens with zero attached hydrogens (tertiary/aromatic N) is 4. The molecule has 84 valence electrons. The topological polar surface area (TPSA) is 78.8 Å². The number of nitriles is 1. The van der Waals surface area contributed by atoms with E-state index in [4.69, 9.17) is 11.1 Å². The van der Waals surface area contributed by atoms with Gasteiger partial charge in [0.15, 0.2) is 5.82 Å². The van der Waals surface area contributed by atoms with Crippen molar-refractivity contribution in [1.82, 2.24) is 9.97 Å². The maximum absolute atomic E-state index is 8.82. The molecule has 0 aliphatic carbocycles. The standard InChI is InChI=1S/C12H11N5/c1-9-5-12(16-8-15-9)17(14)11-4-2-3-10(6-11)7-13/h2-6,8H,14H2,1H3. The van der Waals surface area contributed by atoms with Crippen molar-refractivity contribution in [3.8, 4) is 6.07 Å². The van der Waals surface area contributed by atoms with E-state index in [0.29, 0.717) is 17.1 Å². The smallest absolute Gasteiger partial charge is 0.150 e. The molecule has 17 heavy (non-hydrogen) atoms. The van der Waals surface area contributed by atoms with Gasteiger partial charge in [-0.05, 0) is 25.1 Å². The van der Waals surface area contributed by atoms with Crippen LogP contribution in [0.1, 0.15) is 11.3 Å². The lowest BCUT2D eigenvalue weighted by molar-refractivity contribution is 0.996. The third-order valence-electron chi connectivity index (χ3n) is 2.29. The molecule has 2 N–H and O–H groups in total. The fourth-order valence-corrected chi connectivity index (χ4v) is 1.43. The highest BCUT2D eigenvalue weighted by Gasteiger charge is 2.06. The first-order chi connectivity index (χ1) is 8.20. The van der Waals surface area contributed by atoms with Crippen LogP contribution in [0.2, 0.25) is 0 Å². The molecular formula is C12H11N5. The summed E-state index contributed by atoms with van der Waals surface area (Å²) in [5, 5.41) is 10.2. The predicted molar refractivity (Wildman–Crippen MR) is 64.3 cm³/mol. The zero-order valence-electron chi connectivity index (χ0n) is 9.33. The van der Waals surface area contributed by atoms with Gasteiger partial charge < -0.3 is 0 Å². The number of hydrazine groups is 1. The first-order valence-electron chi connectivity index (χ1n) is 5.04. The number of hydrogen-bond donors (Lipinski definition) is 1. The monoisotopic (exact) mass is 225 g/mol. The molecular weight excluding hydrogens is 214 g/mol. The van der Waals surface area contributed by atoms with Crippen LogP contribution in [0.15, 0.2) is 36.7 Å². The predicted octanol–water partition coefficient (Wildman–Crippen LogP) is 1.67. The molecule has 0 unspecified atom stereocenters. The third-order valence-corrected chi connectivity index (χ3v) is 2.29. The first kappa shape index (κ1) is 11.0. The summed E-state index contributed by atoms with van der Waals surface area (Å²) in [6.45, 7) is 1.87. The Bertz CT molecular complexity index is 573. The molecule has 0 aliphatic rings. The highest BCUT2D eigenvalue weighted by atomic mass is 15.4. The summed E-state index contributed by atoms with van der Waals surface area (Å²) in [6.07, 6.45) is 1.46. The second-order valence-electron chi connectivity index (χ2n) is 3.55. The lowest BCUT2D eigenvalue weighted by atomic mass is 10.2. The Labute approximate surface area is 99.1 Å². The maximum atomic E-state index is 8.82. The zero-order chi connectivity index (χ0) is 12.3. The number of anilines is 2. The number of rotatable bonds is 2. The SMILES string of the molecule is Cc1cc(N(N)c2cccc(C#N)c2)ncn1. The third kappa shape index (κ3) is 2.38. The van der Waals surface area contributed by atoms with Gasteiger partial charge in [0.25, 0.3) is 0 Å². The number of aryl methyl sites for hydroxylation is 1. The van der Waals surface area contributed by atoms with E-state index in [2.05, 4.69) is 16.0 Å². The van der Waals surface area contributed by atoms with Crippen LogP contribution in [0.25, 0.3) is 0 Å². The van der Waals surface area contributed by atoms with Gasteiger partial charge in [-0.25, -0.2) is 15.8 Å². The fraction of sp³-hybridized carbons (Fsp3) is 0.0833. The highest BCUT2D eigenvalue weighted by Crippen LogP contribution is 2.20. The van der Waals surface area contributed by atoms with Gasteiger partial charge in [-0.3, -0.25) is 5.01 Å². The van der Waals surface area contributed by atoms with Gasteiger partial charge in [-0.15, -0.1) is 0 Å². The van der Waals surface area contributed by atoms with Crippen LogP contribution >= 0.6 is 0 Å². The van der Waals surface area contributed by atoms with Gasteiger partial charge in [0.1, 0.15) is 6.33 Å². The van der Waals surface area contributed by atoms with E-state index >= 15 is 0 Å². The minimum absolute atomic E-state index is 0.559. The maximum Gasteiger partial charge on any atom is 0.150 e. The van der Waals surface area contributed by atoms with Gasteiger partial charge in [-0.2, -0.15) is 5.26 Å². The van der Waals surface area contributed by atoms with Crippen LogP contribution < -0.4 is 10.9 Å². The number of nitrogens with two attached hydrogens (primary N) is 1. The Hall–Kier alpha value is -2.45. The van der Waals surface area contributed by atoms with Crippen LogP contribution in [0.4, 0.5) is 11.5 Å². The van der Waals surface area contributed by atoms with E-state index in [1.54, 1.807) is 24.3 Å². The molecule has 0 atom stereocenters. The average Bonchev–Trinajstić information content (AvgIpc) is 2.38. The van der Waals surface area contributed by atoms with Crippen molar-refractivity contribution in [3.05, 3.63) is 47.9 Å². The normalized spacial score (nSPS) is 9.71. The second-order valence-corrected chi connectivity index (χ2v) is 3.55. The Morgan fingerprint density at radius 1 is 1.29 bits per heavy atom. The summed E-state index contributed by atoms with van der Waals surface area (Å²) in [4.78, 5) is 8.08. The number of hydrogen-bond acceptors (Lipinski definition) is 5. The molecule has 0 bridgehead atoms. The summed E-state index contributed by atoms with van der Waals surface area (Å²) in [6, 6.07) is 10.9. The van der Waals surface area contributed by atoms with Crippen LogP contribution in [-0.2, 0) is 0 Å². The van der Waals surface area contributed by atoms with E-state index in [1.165, 1.54) is 11.3 Å². The van der Waals surface area contributed by atoms with Crippen molar-refractivity contribution in [3.63, 3.8) is 0 Å². The molecule has 0 spiro atoms. The summed E-state index contributed by atoms with van der Waals surface area (Å²) >= 11 is 0. The fourth-order valence-electron chi connectivity index (χ4n) is 1.43. The Kier molecular flexibility index (Phi) is 2.99. The molecule has 0 amide bonds. The van der Waals surface area contributed by atoms with Gasteiger partial charge in [0, 0.05) is 11.8 Å². The highest BCUT2D eigenvalue weighted by molar-refractivity contribution is 5.60. The molecule has 2 rings (SSSR count). The molecule has 1 aromatic heterocycles. The molecule has 0 aliphatic heterocycles. The van der Waals surface area contributed by atoms with E-state index in [1.807, 2.05) is 13.0 Å². The summed E-state index contributed by atoms with van der Waals surface area (Å²) in [5.74, 6) is 6.53. The molecule has 0 saturated carbocycles. The largest absolute Gasteiger partial charge is 0.262 e. The van der Waals surface area contributed by atoms with Gasteiger partial charge in [-0.1, -0.05) is 6.07 Å². The van der Waals surface area contributed by atoms with Crippen molar-refractivity contribution < 1.29 is 0 Å². The molecule has 0 fully saturated rings. The second kappa shape index (κ2) is 4.60. The molecule has 5 nitrogen and oxygen atoms in total. The van der Waals surface area contributed by atoms with Gasteiger partial charge in [0.05, 0.1) is 17.3 Å². The first-order valence-corrected chi connectivity index (χ1v) is 5.04. The van der Waals surface area contributed by atoms with Gasteiger partial charge >= 0.3 is 0 Å². The lowest BCUT2D eigenvalue weighted by Crippen LogP contribution is -2.26. The summed E-state index contributed by atoms with van der Waals surface area (Å²) in [5.41, 5.74) is 2.10. The molecule has 1 heterocycles. The Morgan fingerprint density at radius 2 is 2.12 bits per heavy atom.